The number of hydrogen-bond donors (Lipinski definition) is 1. The zero-order valence-corrected chi connectivity index (χ0v) is 12.9. The lowest BCUT2D eigenvalue weighted by molar-refractivity contribution is -0.120. The van der Waals surface area contributed by atoms with Gasteiger partial charge in [0.2, 0.25) is 5.91 Å². The normalized spacial score (nSPS) is 11.0. The molecule has 0 saturated heterocycles. The summed E-state index contributed by atoms with van der Waals surface area (Å²) in [5, 5.41) is 3.16. The Hall–Kier alpha value is -2.94. The number of nitrogens with one attached hydrogen (secondary N) is 1. The molecule has 3 heteroatoms. The first-order valence-corrected chi connectivity index (χ1v) is 7.54. The van der Waals surface area contributed by atoms with Crippen molar-refractivity contribution in [3.8, 4) is 0 Å². The molecule has 3 aromatic rings. The van der Waals surface area contributed by atoms with Gasteiger partial charge in [-0.3, -0.25) is 9.78 Å². The quantitative estimate of drug-likeness (QED) is 0.801. The first kappa shape index (κ1) is 15.0. The van der Waals surface area contributed by atoms with Crippen LogP contribution in [0.4, 0.5) is 0 Å². The van der Waals surface area contributed by atoms with Crippen LogP contribution in [0, 0.1) is 0 Å². The molecule has 1 N–H and O–H groups in total. The molecule has 0 aliphatic heterocycles. The maximum absolute atomic E-state index is 12.0. The standard InChI is InChI=1S/C20H18N2O/c1-16(23)22-20(17-9-4-2-5-10-17,18-11-6-3-7-12-18)19-13-8-14-21-15-19/h2-15H,1H3,(H,22,23). The molecular formula is C20H18N2O. The molecule has 0 saturated carbocycles. The lowest BCUT2D eigenvalue weighted by Crippen LogP contribution is -2.47. The van der Waals surface area contributed by atoms with Gasteiger partial charge in [-0.2, -0.15) is 0 Å². The summed E-state index contributed by atoms with van der Waals surface area (Å²) in [5.74, 6) is -0.0958. The summed E-state index contributed by atoms with van der Waals surface area (Å²) in [4.78, 5) is 16.3. The predicted octanol–water partition coefficient (Wildman–Crippen LogP) is 3.51. The van der Waals surface area contributed by atoms with E-state index in [9.17, 15) is 4.79 Å². The third kappa shape index (κ3) is 2.86. The van der Waals surface area contributed by atoms with Crippen molar-refractivity contribution in [2.24, 2.45) is 0 Å². The summed E-state index contributed by atoms with van der Waals surface area (Å²) in [6.07, 6.45) is 3.54. The van der Waals surface area contributed by atoms with Crippen LogP contribution >= 0.6 is 0 Å². The maximum Gasteiger partial charge on any atom is 0.218 e. The number of pyridine rings is 1. The summed E-state index contributed by atoms with van der Waals surface area (Å²) in [7, 11) is 0. The molecule has 0 bridgehead atoms. The van der Waals surface area contributed by atoms with E-state index in [-0.39, 0.29) is 5.91 Å². The van der Waals surface area contributed by atoms with E-state index in [2.05, 4.69) is 10.3 Å². The number of nitrogens with zero attached hydrogens (tertiary/aromatic N) is 1. The SMILES string of the molecule is CC(=O)NC(c1ccccc1)(c1ccccc1)c1cccnc1. The minimum absolute atomic E-state index is 0.0958. The average Bonchev–Trinajstić information content (AvgIpc) is 2.62. The van der Waals surface area contributed by atoms with E-state index in [0.29, 0.717) is 0 Å². The summed E-state index contributed by atoms with van der Waals surface area (Å²) >= 11 is 0. The molecule has 2 aromatic carbocycles. The van der Waals surface area contributed by atoms with Crippen molar-refractivity contribution >= 4 is 5.91 Å². The lowest BCUT2D eigenvalue weighted by atomic mass is 9.77. The van der Waals surface area contributed by atoms with Gasteiger partial charge in [0, 0.05) is 24.9 Å². The van der Waals surface area contributed by atoms with Crippen molar-refractivity contribution in [3.63, 3.8) is 0 Å². The van der Waals surface area contributed by atoms with Crippen molar-refractivity contribution in [1.82, 2.24) is 10.3 Å². The molecule has 0 radical (unpaired) electrons. The van der Waals surface area contributed by atoms with E-state index >= 15 is 0 Å². The first-order valence-electron chi connectivity index (χ1n) is 7.54. The summed E-state index contributed by atoms with van der Waals surface area (Å²) in [6.45, 7) is 1.54. The number of carbonyl (C=O) groups excluding carboxylic acids is 1. The second kappa shape index (κ2) is 6.44. The molecule has 0 spiro atoms. The van der Waals surface area contributed by atoms with Crippen LogP contribution in [-0.4, -0.2) is 10.9 Å². The van der Waals surface area contributed by atoms with Crippen molar-refractivity contribution in [2.45, 2.75) is 12.5 Å². The lowest BCUT2D eigenvalue weighted by Gasteiger charge is -2.36. The fourth-order valence-corrected chi connectivity index (χ4v) is 2.94. The molecule has 1 amide bonds. The van der Waals surface area contributed by atoms with Gasteiger partial charge in [0.1, 0.15) is 5.54 Å². The molecule has 1 heterocycles. The topological polar surface area (TPSA) is 42.0 Å². The van der Waals surface area contributed by atoms with Crippen LogP contribution in [0.25, 0.3) is 0 Å². The van der Waals surface area contributed by atoms with Crippen LogP contribution in [-0.2, 0) is 10.3 Å². The van der Waals surface area contributed by atoms with Crippen molar-refractivity contribution in [3.05, 3.63) is 102 Å². The van der Waals surface area contributed by atoms with Crippen LogP contribution in [0.1, 0.15) is 23.6 Å². The number of hydrogen-bond acceptors (Lipinski definition) is 2. The largest absolute Gasteiger partial charge is 0.339 e. The Morgan fingerprint density at radius 3 is 1.78 bits per heavy atom. The van der Waals surface area contributed by atoms with Gasteiger partial charge in [-0.15, -0.1) is 0 Å². The van der Waals surface area contributed by atoms with Gasteiger partial charge in [-0.1, -0.05) is 66.7 Å². The van der Waals surface area contributed by atoms with Crippen molar-refractivity contribution in [1.29, 1.82) is 0 Å². The minimum Gasteiger partial charge on any atom is -0.339 e. The average molecular weight is 302 g/mol. The Balaban J connectivity index is 2.32. The third-order valence-corrected chi connectivity index (χ3v) is 3.87. The zero-order valence-electron chi connectivity index (χ0n) is 12.9. The van der Waals surface area contributed by atoms with Crippen LogP contribution in [0.5, 0.6) is 0 Å². The molecule has 23 heavy (non-hydrogen) atoms. The van der Waals surface area contributed by atoms with Gasteiger partial charge in [-0.05, 0) is 17.2 Å². The number of amides is 1. The number of benzene rings is 2. The monoisotopic (exact) mass is 302 g/mol. The molecule has 0 aliphatic rings. The molecule has 1 aromatic heterocycles. The van der Waals surface area contributed by atoms with Gasteiger partial charge in [-0.25, -0.2) is 0 Å². The molecule has 0 atom stereocenters. The highest BCUT2D eigenvalue weighted by atomic mass is 16.1. The van der Waals surface area contributed by atoms with Gasteiger partial charge in [0.15, 0.2) is 0 Å². The van der Waals surface area contributed by atoms with Crippen LogP contribution in [0.2, 0.25) is 0 Å². The second-order valence-corrected chi connectivity index (χ2v) is 5.40. The predicted molar refractivity (Wildman–Crippen MR) is 90.8 cm³/mol. The molecule has 114 valence electrons. The third-order valence-electron chi connectivity index (χ3n) is 3.87. The first-order chi connectivity index (χ1) is 11.2. The highest BCUT2D eigenvalue weighted by molar-refractivity contribution is 5.76. The maximum atomic E-state index is 12.0. The highest BCUT2D eigenvalue weighted by Gasteiger charge is 2.37. The van der Waals surface area contributed by atoms with E-state index in [1.54, 1.807) is 12.4 Å². The van der Waals surface area contributed by atoms with Gasteiger partial charge < -0.3 is 5.32 Å². The number of carbonyl (C=O) groups is 1. The Morgan fingerprint density at radius 1 is 0.826 bits per heavy atom. The van der Waals surface area contributed by atoms with Crippen LogP contribution in [0.3, 0.4) is 0 Å². The van der Waals surface area contributed by atoms with Crippen LogP contribution in [0.15, 0.2) is 85.2 Å². The van der Waals surface area contributed by atoms with E-state index in [1.165, 1.54) is 6.92 Å². The van der Waals surface area contributed by atoms with Gasteiger partial charge >= 0.3 is 0 Å². The van der Waals surface area contributed by atoms with E-state index < -0.39 is 5.54 Å². The Kier molecular flexibility index (Phi) is 4.20. The highest BCUT2D eigenvalue weighted by Crippen LogP contribution is 2.36. The molecule has 3 rings (SSSR count). The fourth-order valence-electron chi connectivity index (χ4n) is 2.94. The van der Waals surface area contributed by atoms with Gasteiger partial charge in [0.05, 0.1) is 0 Å². The molecule has 0 unspecified atom stereocenters. The summed E-state index contributed by atoms with van der Waals surface area (Å²) in [5.41, 5.74) is 2.15. The second-order valence-electron chi connectivity index (χ2n) is 5.40. The van der Waals surface area contributed by atoms with Gasteiger partial charge in [0.25, 0.3) is 0 Å². The summed E-state index contributed by atoms with van der Waals surface area (Å²) in [6, 6.07) is 23.8. The van der Waals surface area contributed by atoms with Crippen LogP contribution < -0.4 is 5.32 Å². The Labute approximate surface area is 136 Å². The zero-order chi connectivity index (χ0) is 16.1. The van der Waals surface area contributed by atoms with Crippen molar-refractivity contribution < 1.29 is 4.79 Å². The molecule has 3 nitrogen and oxygen atoms in total. The van der Waals surface area contributed by atoms with E-state index in [0.717, 1.165) is 16.7 Å². The van der Waals surface area contributed by atoms with Crippen molar-refractivity contribution in [2.75, 3.05) is 0 Å². The summed E-state index contributed by atoms with van der Waals surface area (Å²) < 4.78 is 0. The Bertz CT molecular complexity index is 674. The minimum atomic E-state index is -0.761. The Morgan fingerprint density at radius 2 is 1.35 bits per heavy atom. The smallest absolute Gasteiger partial charge is 0.218 e. The van der Waals surface area contributed by atoms with E-state index in [1.807, 2.05) is 72.8 Å². The fraction of sp³-hybridized carbons (Fsp3) is 0.100. The molecule has 0 fully saturated rings. The number of rotatable bonds is 4. The molecule has 0 aliphatic carbocycles. The number of aromatic nitrogens is 1. The molecular weight excluding hydrogens is 284 g/mol. The van der Waals surface area contributed by atoms with E-state index in [4.69, 9.17) is 0 Å².